The minimum Gasteiger partial charge on any atom is -0.329 e. The Bertz CT molecular complexity index is 569. The van der Waals surface area contributed by atoms with Gasteiger partial charge >= 0.3 is 0 Å². The molecule has 0 unspecified atom stereocenters. The molecule has 18 heavy (non-hydrogen) atoms. The van der Waals surface area contributed by atoms with Gasteiger partial charge in [0.2, 0.25) is 10.0 Å². The van der Waals surface area contributed by atoms with Crippen LogP contribution >= 0.6 is 0 Å². The molecule has 0 aliphatic heterocycles. The van der Waals surface area contributed by atoms with Crippen molar-refractivity contribution in [2.24, 2.45) is 5.73 Å². The molecule has 0 radical (unpaired) electrons. The van der Waals surface area contributed by atoms with Gasteiger partial charge in [-0.2, -0.15) is 9.40 Å². The average Bonchev–Trinajstić information content (AvgIpc) is 2.55. The zero-order chi connectivity index (χ0) is 13.9. The molecule has 1 aromatic heterocycles. The molecule has 0 aliphatic carbocycles. The first-order chi connectivity index (χ1) is 8.36. The first-order valence-corrected chi connectivity index (χ1v) is 6.94. The van der Waals surface area contributed by atoms with E-state index in [1.54, 1.807) is 18.5 Å². The van der Waals surface area contributed by atoms with Crippen molar-refractivity contribution in [2.45, 2.75) is 25.3 Å². The van der Waals surface area contributed by atoms with E-state index in [1.165, 1.54) is 7.05 Å². The number of terminal acetylenes is 1. The van der Waals surface area contributed by atoms with Crippen LogP contribution < -0.4 is 5.73 Å². The van der Waals surface area contributed by atoms with Crippen LogP contribution in [0, 0.1) is 26.2 Å². The lowest BCUT2D eigenvalue weighted by molar-refractivity contribution is 0.501. The monoisotopic (exact) mass is 270 g/mol. The fourth-order valence-corrected chi connectivity index (χ4v) is 3.21. The van der Waals surface area contributed by atoms with Crippen molar-refractivity contribution in [1.82, 2.24) is 14.1 Å². The number of hydrogen-bond acceptors (Lipinski definition) is 4. The van der Waals surface area contributed by atoms with Gasteiger partial charge in [0.25, 0.3) is 0 Å². The highest BCUT2D eigenvalue weighted by Gasteiger charge is 2.27. The van der Waals surface area contributed by atoms with Gasteiger partial charge in [-0.15, -0.1) is 6.42 Å². The minimum absolute atomic E-state index is 0.0310. The third-order valence-corrected chi connectivity index (χ3v) is 4.69. The summed E-state index contributed by atoms with van der Waals surface area (Å²) in [5, 5.41) is 4.19. The van der Waals surface area contributed by atoms with Crippen LogP contribution in [-0.2, 0) is 16.6 Å². The second kappa shape index (κ2) is 5.52. The van der Waals surface area contributed by atoms with Crippen LogP contribution in [0.3, 0.4) is 0 Å². The fourth-order valence-electron chi connectivity index (χ4n) is 1.76. The molecule has 7 heteroatoms. The van der Waals surface area contributed by atoms with E-state index >= 15 is 0 Å². The summed E-state index contributed by atoms with van der Waals surface area (Å²) in [6.07, 6.45) is 5.14. The molecular formula is C11H18N4O2S. The quantitative estimate of drug-likeness (QED) is 0.746. The highest BCUT2D eigenvalue weighted by molar-refractivity contribution is 7.89. The number of aryl methyl sites for hydroxylation is 1. The Morgan fingerprint density at radius 3 is 2.61 bits per heavy atom. The van der Waals surface area contributed by atoms with Gasteiger partial charge in [-0.1, -0.05) is 5.92 Å². The molecule has 0 saturated heterocycles. The summed E-state index contributed by atoms with van der Waals surface area (Å²) in [5.74, 6) is 2.31. The number of sulfonamides is 1. The summed E-state index contributed by atoms with van der Waals surface area (Å²) in [6, 6.07) is 0. The van der Waals surface area contributed by atoms with Gasteiger partial charge in [0.05, 0.1) is 24.5 Å². The zero-order valence-electron chi connectivity index (χ0n) is 10.8. The second-order valence-electron chi connectivity index (χ2n) is 3.98. The van der Waals surface area contributed by atoms with Crippen molar-refractivity contribution in [1.29, 1.82) is 0 Å². The van der Waals surface area contributed by atoms with Crippen molar-refractivity contribution in [3.8, 4) is 12.3 Å². The number of rotatable bonds is 5. The predicted molar refractivity (Wildman–Crippen MR) is 69.4 cm³/mol. The molecule has 6 nitrogen and oxygen atoms in total. The smallest absolute Gasteiger partial charge is 0.247 e. The van der Waals surface area contributed by atoms with Gasteiger partial charge < -0.3 is 5.73 Å². The van der Waals surface area contributed by atoms with Crippen molar-refractivity contribution < 1.29 is 8.42 Å². The maximum absolute atomic E-state index is 12.3. The van der Waals surface area contributed by atoms with Crippen molar-refractivity contribution in [2.75, 3.05) is 20.1 Å². The molecule has 0 spiro atoms. The van der Waals surface area contributed by atoms with Gasteiger partial charge in [-0.05, 0) is 13.8 Å². The SMILES string of the molecule is C#CCN(C)S(=O)(=O)c1c(C)nn(CCN)c1C. The predicted octanol–water partition coefficient (Wildman–Crippen LogP) is -0.288. The maximum Gasteiger partial charge on any atom is 0.247 e. The van der Waals surface area contributed by atoms with E-state index in [9.17, 15) is 8.42 Å². The van der Waals surface area contributed by atoms with Crippen LogP contribution in [0.15, 0.2) is 4.90 Å². The van der Waals surface area contributed by atoms with Gasteiger partial charge in [-0.3, -0.25) is 4.68 Å². The molecule has 0 aromatic carbocycles. The molecule has 0 bridgehead atoms. The molecule has 100 valence electrons. The molecule has 1 heterocycles. The Morgan fingerprint density at radius 1 is 1.50 bits per heavy atom. The lowest BCUT2D eigenvalue weighted by Gasteiger charge is -2.14. The fraction of sp³-hybridized carbons (Fsp3) is 0.545. The Labute approximate surface area is 108 Å². The largest absolute Gasteiger partial charge is 0.329 e. The first kappa shape index (κ1) is 14.7. The lowest BCUT2D eigenvalue weighted by atomic mass is 10.4. The van der Waals surface area contributed by atoms with Crippen molar-refractivity contribution in [3.05, 3.63) is 11.4 Å². The number of nitrogens with zero attached hydrogens (tertiary/aromatic N) is 3. The summed E-state index contributed by atoms with van der Waals surface area (Å²) >= 11 is 0. The second-order valence-corrected chi connectivity index (χ2v) is 5.96. The highest BCUT2D eigenvalue weighted by Crippen LogP contribution is 2.22. The molecule has 1 aromatic rings. The van der Waals surface area contributed by atoms with Gasteiger partial charge in [0.1, 0.15) is 4.90 Å². The van der Waals surface area contributed by atoms with Gasteiger partial charge in [-0.25, -0.2) is 8.42 Å². The Kier molecular flexibility index (Phi) is 4.51. The van der Waals surface area contributed by atoms with Crippen LogP contribution in [0.1, 0.15) is 11.4 Å². The molecule has 2 N–H and O–H groups in total. The van der Waals surface area contributed by atoms with E-state index in [-0.39, 0.29) is 11.4 Å². The lowest BCUT2D eigenvalue weighted by Crippen LogP contribution is -2.28. The van der Waals surface area contributed by atoms with Crippen LogP contribution in [0.5, 0.6) is 0 Å². The van der Waals surface area contributed by atoms with Crippen LogP contribution in [0.4, 0.5) is 0 Å². The Balaban J connectivity index is 3.30. The standard InChI is InChI=1S/C11H18N4O2S/c1-5-7-14(4)18(16,17)11-9(2)13-15(8-6-12)10(11)3/h1H,6-8,12H2,2-4H3. The topological polar surface area (TPSA) is 81.2 Å². The molecule has 0 fully saturated rings. The van der Waals surface area contributed by atoms with E-state index < -0.39 is 10.0 Å². The minimum atomic E-state index is -3.59. The highest BCUT2D eigenvalue weighted by atomic mass is 32.2. The van der Waals surface area contributed by atoms with Gasteiger partial charge in [0.15, 0.2) is 0 Å². The summed E-state index contributed by atoms with van der Waals surface area (Å²) in [7, 11) is -2.14. The molecule has 0 amide bonds. The van der Waals surface area contributed by atoms with Gasteiger partial charge in [0, 0.05) is 13.6 Å². The van der Waals surface area contributed by atoms with Crippen LogP contribution in [0.25, 0.3) is 0 Å². The first-order valence-electron chi connectivity index (χ1n) is 5.50. The van der Waals surface area contributed by atoms with E-state index in [0.717, 1.165) is 4.31 Å². The van der Waals surface area contributed by atoms with Crippen LogP contribution in [0.2, 0.25) is 0 Å². The normalized spacial score (nSPS) is 11.8. The summed E-state index contributed by atoms with van der Waals surface area (Å²) in [5.41, 5.74) is 6.51. The van der Waals surface area contributed by atoms with E-state index in [0.29, 0.717) is 24.5 Å². The third kappa shape index (κ3) is 2.56. The molecule has 0 saturated carbocycles. The summed E-state index contributed by atoms with van der Waals surface area (Å²) in [4.78, 5) is 0.216. The van der Waals surface area contributed by atoms with E-state index in [4.69, 9.17) is 12.2 Å². The molecule has 0 atom stereocenters. The Morgan fingerprint density at radius 2 is 2.11 bits per heavy atom. The third-order valence-electron chi connectivity index (χ3n) is 2.64. The van der Waals surface area contributed by atoms with Crippen LogP contribution in [-0.4, -0.2) is 42.6 Å². The average molecular weight is 270 g/mol. The number of aromatic nitrogens is 2. The zero-order valence-corrected chi connectivity index (χ0v) is 11.7. The van der Waals surface area contributed by atoms with Crippen molar-refractivity contribution in [3.63, 3.8) is 0 Å². The summed E-state index contributed by atoms with van der Waals surface area (Å²) < 4.78 is 27.4. The Hall–Kier alpha value is -1.36. The van der Waals surface area contributed by atoms with E-state index in [2.05, 4.69) is 11.0 Å². The summed E-state index contributed by atoms with van der Waals surface area (Å²) in [6.45, 7) is 4.30. The molecule has 0 aliphatic rings. The number of hydrogen-bond donors (Lipinski definition) is 1. The van der Waals surface area contributed by atoms with Crippen molar-refractivity contribution >= 4 is 10.0 Å². The van der Waals surface area contributed by atoms with E-state index in [1.807, 2.05) is 0 Å². The molecular weight excluding hydrogens is 252 g/mol. The molecule has 1 rings (SSSR count). The maximum atomic E-state index is 12.3. The number of nitrogens with two attached hydrogens (primary N) is 1.